The molecule has 2 aliphatic heterocycles. The molecular formula is C31H36N4O2. The van der Waals surface area contributed by atoms with Gasteiger partial charge in [0.25, 0.3) is 0 Å². The lowest BCUT2D eigenvalue weighted by molar-refractivity contribution is 0.0854. The van der Waals surface area contributed by atoms with E-state index < -0.39 is 0 Å². The monoisotopic (exact) mass is 496 g/mol. The Morgan fingerprint density at radius 2 is 1.30 bits per heavy atom. The first-order chi connectivity index (χ1) is 17.9. The van der Waals surface area contributed by atoms with Crippen LogP contribution in [0.25, 0.3) is 0 Å². The van der Waals surface area contributed by atoms with E-state index >= 15 is 0 Å². The summed E-state index contributed by atoms with van der Waals surface area (Å²) >= 11 is 0. The summed E-state index contributed by atoms with van der Waals surface area (Å²) in [6.45, 7) is 6.04. The van der Waals surface area contributed by atoms with Crippen molar-refractivity contribution < 1.29 is 9.59 Å². The topological polar surface area (TPSA) is 47.1 Å². The van der Waals surface area contributed by atoms with Gasteiger partial charge in [0, 0.05) is 26.7 Å². The number of hydrogen-bond donors (Lipinski definition) is 0. The Kier molecular flexibility index (Phi) is 7.17. The van der Waals surface area contributed by atoms with Crippen molar-refractivity contribution in [1.29, 1.82) is 0 Å². The van der Waals surface area contributed by atoms with Crippen molar-refractivity contribution in [2.45, 2.75) is 51.2 Å². The van der Waals surface area contributed by atoms with Crippen molar-refractivity contribution in [1.82, 2.24) is 14.7 Å². The zero-order chi connectivity index (χ0) is 25.9. The van der Waals surface area contributed by atoms with Gasteiger partial charge in [-0.15, -0.1) is 0 Å². The van der Waals surface area contributed by atoms with Crippen molar-refractivity contribution in [2.24, 2.45) is 0 Å². The van der Waals surface area contributed by atoms with E-state index in [2.05, 4.69) is 38.1 Å². The van der Waals surface area contributed by atoms with Crippen molar-refractivity contribution in [3.63, 3.8) is 0 Å². The summed E-state index contributed by atoms with van der Waals surface area (Å²) in [5.41, 5.74) is 4.11. The van der Waals surface area contributed by atoms with Gasteiger partial charge in [-0.1, -0.05) is 74.5 Å². The number of piperazine rings is 1. The minimum atomic E-state index is -0.0417. The molecular weight excluding hydrogens is 460 g/mol. The molecule has 3 aromatic rings. The maximum atomic E-state index is 13.9. The molecule has 6 nitrogen and oxygen atoms in total. The summed E-state index contributed by atoms with van der Waals surface area (Å²) in [6.07, 6.45) is 1.85. The molecule has 0 aromatic heterocycles. The Morgan fingerprint density at radius 1 is 0.784 bits per heavy atom. The number of hydrogen-bond acceptors (Lipinski definition) is 2. The molecule has 4 amide bonds. The second kappa shape index (κ2) is 10.7. The lowest BCUT2D eigenvalue weighted by atomic mass is 10.0. The number of para-hydroxylation sites is 2. The standard InChI is InChI=1S/C31H36N4O2/c1-23(2)25-16-14-24(15-17-25)20-32(3)30(36)35-28-18-19-29(35)22-33(21-28)31(37)34(26-10-6-4-7-11-26)27-12-8-5-9-13-27/h4-17,23,28-29H,18-22H2,1-3H3/t28-,29+. The van der Waals surface area contributed by atoms with Crippen molar-refractivity contribution >= 4 is 23.4 Å². The van der Waals surface area contributed by atoms with Gasteiger partial charge >= 0.3 is 12.1 Å². The fourth-order valence-electron chi connectivity index (χ4n) is 5.58. The van der Waals surface area contributed by atoms with Crippen LogP contribution in [0.4, 0.5) is 21.0 Å². The summed E-state index contributed by atoms with van der Waals surface area (Å²) < 4.78 is 0. The first-order valence-electron chi connectivity index (χ1n) is 13.2. The number of rotatable bonds is 5. The van der Waals surface area contributed by atoms with Crippen LogP contribution >= 0.6 is 0 Å². The lowest BCUT2D eigenvalue weighted by Gasteiger charge is -2.43. The van der Waals surface area contributed by atoms with Gasteiger partial charge < -0.3 is 14.7 Å². The Balaban J connectivity index is 1.29. The second-order valence-electron chi connectivity index (χ2n) is 10.5. The predicted molar refractivity (Wildman–Crippen MR) is 148 cm³/mol. The fraction of sp³-hybridized carbons (Fsp3) is 0.355. The summed E-state index contributed by atoms with van der Waals surface area (Å²) in [6, 6.07) is 28.2. The molecule has 2 fully saturated rings. The lowest BCUT2D eigenvalue weighted by Crippen LogP contribution is -2.60. The Morgan fingerprint density at radius 3 is 1.78 bits per heavy atom. The van der Waals surface area contributed by atoms with Gasteiger partial charge in [0.1, 0.15) is 0 Å². The summed E-state index contributed by atoms with van der Waals surface area (Å²) in [4.78, 5) is 35.0. The van der Waals surface area contributed by atoms with E-state index in [-0.39, 0.29) is 24.1 Å². The molecule has 2 bridgehead atoms. The SMILES string of the molecule is CC(C)c1ccc(CN(C)C(=O)N2[C@@H]3CC[C@H]2CN(C(=O)N(c2ccccc2)c2ccccc2)C3)cc1. The van der Waals surface area contributed by atoms with Crippen LogP contribution in [-0.4, -0.2) is 59.0 Å². The van der Waals surface area contributed by atoms with Crippen LogP contribution < -0.4 is 4.90 Å². The van der Waals surface area contributed by atoms with Crippen LogP contribution in [0.5, 0.6) is 0 Å². The third-order valence-electron chi connectivity index (χ3n) is 7.59. The molecule has 0 radical (unpaired) electrons. The van der Waals surface area contributed by atoms with Crippen molar-refractivity contribution in [3.05, 3.63) is 96.1 Å². The van der Waals surface area contributed by atoms with Crippen LogP contribution in [0, 0.1) is 0 Å². The fourth-order valence-corrected chi connectivity index (χ4v) is 5.58. The normalized spacial score (nSPS) is 18.7. The number of anilines is 2. The number of urea groups is 2. The second-order valence-corrected chi connectivity index (χ2v) is 10.5. The minimum absolute atomic E-state index is 0.0364. The van der Waals surface area contributed by atoms with Crippen LogP contribution in [0.1, 0.15) is 43.7 Å². The Hall–Kier alpha value is -3.80. The molecule has 2 atom stereocenters. The molecule has 5 rings (SSSR count). The van der Waals surface area contributed by atoms with Gasteiger partial charge in [0.15, 0.2) is 0 Å². The van der Waals surface area contributed by atoms with Crippen molar-refractivity contribution in [3.8, 4) is 0 Å². The highest BCUT2D eigenvalue weighted by molar-refractivity contribution is 5.99. The van der Waals surface area contributed by atoms with Crippen LogP contribution in [0.15, 0.2) is 84.9 Å². The van der Waals surface area contributed by atoms with E-state index in [0.29, 0.717) is 25.6 Å². The zero-order valence-corrected chi connectivity index (χ0v) is 22.0. The molecule has 0 spiro atoms. The quantitative estimate of drug-likeness (QED) is 0.406. The first kappa shape index (κ1) is 24.9. The maximum absolute atomic E-state index is 13.9. The van der Waals surface area contributed by atoms with Gasteiger partial charge in [-0.3, -0.25) is 4.90 Å². The molecule has 2 saturated heterocycles. The molecule has 6 heteroatoms. The predicted octanol–water partition coefficient (Wildman–Crippen LogP) is 6.47. The number of fused-ring (bicyclic) bond motifs is 2. The number of carbonyl (C=O) groups is 2. The average Bonchev–Trinajstić information content (AvgIpc) is 3.18. The van der Waals surface area contributed by atoms with E-state index in [4.69, 9.17) is 0 Å². The van der Waals surface area contributed by atoms with E-state index in [9.17, 15) is 9.59 Å². The number of benzene rings is 3. The molecule has 37 heavy (non-hydrogen) atoms. The smallest absolute Gasteiger partial charge is 0.323 e. The van der Waals surface area contributed by atoms with Gasteiger partial charge in [-0.05, 0) is 54.2 Å². The summed E-state index contributed by atoms with van der Waals surface area (Å²) in [7, 11) is 1.88. The molecule has 0 unspecified atom stereocenters. The van der Waals surface area contributed by atoms with E-state index in [0.717, 1.165) is 29.8 Å². The third kappa shape index (κ3) is 5.19. The number of carbonyl (C=O) groups excluding carboxylic acids is 2. The van der Waals surface area contributed by atoms with Crippen LogP contribution in [-0.2, 0) is 6.54 Å². The molecule has 0 N–H and O–H groups in total. The van der Waals surface area contributed by atoms with Gasteiger partial charge in [0.05, 0.1) is 23.5 Å². The van der Waals surface area contributed by atoms with Gasteiger partial charge in [-0.2, -0.15) is 0 Å². The van der Waals surface area contributed by atoms with E-state index in [1.165, 1.54) is 5.56 Å². The Labute approximate surface area is 220 Å². The largest absolute Gasteiger partial charge is 0.329 e. The molecule has 2 heterocycles. The molecule has 3 aromatic carbocycles. The third-order valence-corrected chi connectivity index (χ3v) is 7.59. The summed E-state index contributed by atoms with van der Waals surface area (Å²) in [5, 5.41) is 0. The van der Waals surface area contributed by atoms with Crippen molar-refractivity contribution in [2.75, 3.05) is 25.0 Å². The average molecular weight is 497 g/mol. The number of amides is 4. The van der Waals surface area contributed by atoms with Gasteiger partial charge in [-0.25, -0.2) is 9.59 Å². The highest BCUT2D eigenvalue weighted by atomic mass is 16.2. The van der Waals surface area contributed by atoms with Gasteiger partial charge in [0.2, 0.25) is 0 Å². The highest BCUT2D eigenvalue weighted by Gasteiger charge is 2.45. The molecule has 2 aliphatic rings. The minimum Gasteiger partial charge on any atom is -0.323 e. The number of likely N-dealkylation sites (tertiary alicyclic amines) is 1. The van der Waals surface area contributed by atoms with E-state index in [1.807, 2.05) is 82.4 Å². The Bertz CT molecular complexity index is 1160. The number of nitrogens with zero attached hydrogens (tertiary/aromatic N) is 4. The maximum Gasteiger partial charge on any atom is 0.329 e. The van der Waals surface area contributed by atoms with Crippen LogP contribution in [0.2, 0.25) is 0 Å². The highest BCUT2D eigenvalue weighted by Crippen LogP contribution is 2.34. The van der Waals surface area contributed by atoms with Crippen LogP contribution in [0.3, 0.4) is 0 Å². The zero-order valence-electron chi connectivity index (χ0n) is 22.0. The molecule has 192 valence electrons. The molecule has 0 saturated carbocycles. The molecule has 0 aliphatic carbocycles. The summed E-state index contributed by atoms with van der Waals surface area (Å²) in [5.74, 6) is 0.489. The van der Waals surface area contributed by atoms with E-state index in [1.54, 1.807) is 4.90 Å². The first-order valence-corrected chi connectivity index (χ1v) is 13.2.